The lowest BCUT2D eigenvalue weighted by Gasteiger charge is -2.33. The molecule has 1 saturated heterocycles. The highest BCUT2D eigenvalue weighted by Crippen LogP contribution is 2.55. The summed E-state index contributed by atoms with van der Waals surface area (Å²) in [7, 11) is 0. The lowest BCUT2D eigenvalue weighted by molar-refractivity contribution is -0.123. The van der Waals surface area contributed by atoms with Gasteiger partial charge in [-0.05, 0) is 49.7 Å². The molecule has 0 saturated carbocycles. The normalized spacial score (nSPS) is 19.3. The first-order valence-electron chi connectivity index (χ1n) is 10.9. The lowest BCUT2D eigenvalue weighted by atomic mass is 10.1. The van der Waals surface area contributed by atoms with Gasteiger partial charge in [0.1, 0.15) is 0 Å². The molecule has 3 aromatic rings. The molecule has 5 rings (SSSR count). The van der Waals surface area contributed by atoms with Gasteiger partial charge in [0.15, 0.2) is 4.87 Å². The molecule has 1 fully saturated rings. The van der Waals surface area contributed by atoms with Crippen LogP contribution >= 0.6 is 23.4 Å². The van der Waals surface area contributed by atoms with E-state index < -0.39 is 4.87 Å². The predicted molar refractivity (Wildman–Crippen MR) is 135 cm³/mol. The summed E-state index contributed by atoms with van der Waals surface area (Å²) >= 11 is 7.87. The predicted octanol–water partition coefficient (Wildman–Crippen LogP) is 5.94. The molecule has 0 unspecified atom stereocenters. The van der Waals surface area contributed by atoms with Gasteiger partial charge in [-0.3, -0.25) is 9.69 Å². The fourth-order valence-corrected chi connectivity index (χ4v) is 6.19. The Bertz CT molecular complexity index is 1250. The van der Waals surface area contributed by atoms with Crippen LogP contribution in [-0.4, -0.2) is 29.1 Å². The lowest BCUT2D eigenvalue weighted by Crippen LogP contribution is -2.51. The quantitative estimate of drug-likeness (QED) is 0.508. The molecule has 3 aromatic carbocycles. The maximum atomic E-state index is 14.0. The van der Waals surface area contributed by atoms with Gasteiger partial charge in [-0.2, -0.15) is 0 Å². The van der Waals surface area contributed by atoms with E-state index in [4.69, 9.17) is 11.6 Å². The van der Waals surface area contributed by atoms with Gasteiger partial charge >= 0.3 is 6.03 Å². The van der Waals surface area contributed by atoms with E-state index >= 15 is 0 Å². The molecule has 1 atom stereocenters. The fraction of sp³-hybridized carbons (Fsp3) is 0.231. The smallest absolute Gasteiger partial charge is 0.308 e. The van der Waals surface area contributed by atoms with Crippen molar-refractivity contribution in [3.05, 3.63) is 94.0 Å². The Morgan fingerprint density at radius 3 is 2.61 bits per heavy atom. The van der Waals surface area contributed by atoms with Crippen molar-refractivity contribution in [2.75, 3.05) is 22.5 Å². The molecule has 2 aliphatic rings. The molecule has 0 bridgehead atoms. The molecule has 0 aliphatic carbocycles. The number of nitrogens with one attached hydrogen (secondary N) is 1. The Morgan fingerprint density at radius 2 is 1.85 bits per heavy atom. The summed E-state index contributed by atoms with van der Waals surface area (Å²) in [6, 6.07) is 21.0. The Balaban J connectivity index is 1.53. The van der Waals surface area contributed by atoms with Gasteiger partial charge in [0.25, 0.3) is 5.91 Å². The zero-order valence-electron chi connectivity index (χ0n) is 18.5. The van der Waals surface area contributed by atoms with Crippen molar-refractivity contribution < 1.29 is 9.59 Å². The number of fused-ring (bicyclic) bond motifs is 2. The van der Waals surface area contributed by atoms with Crippen molar-refractivity contribution in [1.82, 2.24) is 4.90 Å². The molecule has 0 radical (unpaired) electrons. The summed E-state index contributed by atoms with van der Waals surface area (Å²) in [6.45, 7) is 4.94. The molecule has 1 N–H and O–H groups in total. The fourth-order valence-electron chi connectivity index (χ4n) is 4.57. The van der Waals surface area contributed by atoms with Crippen LogP contribution in [0.1, 0.15) is 22.3 Å². The third-order valence-electron chi connectivity index (χ3n) is 6.13. The molecule has 2 aliphatic heterocycles. The molecule has 2 heterocycles. The van der Waals surface area contributed by atoms with E-state index in [1.165, 1.54) is 11.8 Å². The number of rotatable bonds is 3. The molecule has 168 valence electrons. The number of nitrogens with zero attached hydrogens (tertiary/aromatic N) is 2. The Labute approximate surface area is 202 Å². The van der Waals surface area contributed by atoms with Crippen LogP contribution in [-0.2, 0) is 16.2 Å². The van der Waals surface area contributed by atoms with E-state index in [1.54, 1.807) is 15.9 Å². The summed E-state index contributed by atoms with van der Waals surface area (Å²) in [6.07, 6.45) is 0. The minimum atomic E-state index is -1.13. The van der Waals surface area contributed by atoms with Crippen LogP contribution in [0.25, 0.3) is 0 Å². The highest BCUT2D eigenvalue weighted by molar-refractivity contribution is 8.01. The minimum Gasteiger partial charge on any atom is -0.308 e. The molecule has 1 spiro atoms. The number of hydrogen-bond donors (Lipinski definition) is 1. The topological polar surface area (TPSA) is 52.7 Å². The maximum absolute atomic E-state index is 14.0. The molecule has 0 aromatic heterocycles. The van der Waals surface area contributed by atoms with Crippen molar-refractivity contribution in [3.8, 4) is 0 Å². The van der Waals surface area contributed by atoms with Gasteiger partial charge in [0, 0.05) is 28.6 Å². The van der Waals surface area contributed by atoms with Crippen molar-refractivity contribution in [2.45, 2.75) is 25.3 Å². The third-order valence-corrected chi connectivity index (χ3v) is 7.78. The summed E-state index contributed by atoms with van der Waals surface area (Å²) in [5, 5.41) is 3.52. The van der Waals surface area contributed by atoms with Gasteiger partial charge in [-0.25, -0.2) is 4.79 Å². The van der Waals surface area contributed by atoms with Gasteiger partial charge in [-0.1, -0.05) is 59.1 Å². The number of benzene rings is 3. The van der Waals surface area contributed by atoms with E-state index in [0.29, 0.717) is 29.6 Å². The van der Waals surface area contributed by atoms with Gasteiger partial charge in [0.2, 0.25) is 0 Å². The van der Waals surface area contributed by atoms with Crippen LogP contribution in [0.3, 0.4) is 0 Å². The first kappa shape index (κ1) is 21.9. The molecular weight excluding hydrogens is 454 g/mol. The first-order valence-corrected chi connectivity index (χ1v) is 12.2. The average molecular weight is 478 g/mol. The van der Waals surface area contributed by atoms with E-state index in [1.807, 2.05) is 68.4 Å². The van der Waals surface area contributed by atoms with E-state index in [9.17, 15) is 9.59 Å². The standard InChI is InChI=1S/C26H24ClN3O2S/c1-17-6-9-21(10-7-17)28-25(32)30-12-13-33-26(30)22-15-20(27)8-11-23(22)29(24(26)31)16-19-5-3-4-18(2)14-19/h3-11,14-15H,12-13,16H2,1-2H3,(H,28,32)/t26-/m0/s1. The second-order valence-corrected chi connectivity index (χ2v) is 10.2. The SMILES string of the molecule is Cc1ccc(NC(=O)N2CCS[C@@]23C(=O)N(Cc2cccc(C)c2)c2ccc(Cl)cc23)cc1. The van der Waals surface area contributed by atoms with Crippen molar-refractivity contribution >= 4 is 46.7 Å². The number of hydrogen-bond acceptors (Lipinski definition) is 3. The summed E-state index contributed by atoms with van der Waals surface area (Å²) < 4.78 is 0. The maximum Gasteiger partial charge on any atom is 0.323 e. The second kappa shape index (κ2) is 8.43. The Morgan fingerprint density at radius 1 is 1.06 bits per heavy atom. The number of thioether (sulfide) groups is 1. The number of carbonyl (C=O) groups is 2. The Hall–Kier alpha value is -2.96. The van der Waals surface area contributed by atoms with Crippen LogP contribution in [0, 0.1) is 13.8 Å². The number of amides is 3. The van der Waals surface area contributed by atoms with E-state index in [-0.39, 0.29) is 11.9 Å². The number of carbonyl (C=O) groups excluding carboxylic acids is 2. The zero-order valence-corrected chi connectivity index (χ0v) is 20.0. The first-order chi connectivity index (χ1) is 15.9. The average Bonchev–Trinajstić information content (AvgIpc) is 3.33. The highest BCUT2D eigenvalue weighted by atomic mass is 35.5. The summed E-state index contributed by atoms with van der Waals surface area (Å²) in [4.78, 5) is 29.8. The monoisotopic (exact) mass is 477 g/mol. The summed E-state index contributed by atoms with van der Waals surface area (Å²) in [5.41, 5.74) is 5.57. The zero-order chi connectivity index (χ0) is 23.2. The molecule has 33 heavy (non-hydrogen) atoms. The van der Waals surface area contributed by atoms with Crippen LogP contribution in [0.15, 0.2) is 66.7 Å². The third kappa shape index (κ3) is 3.77. The number of aryl methyl sites for hydroxylation is 2. The van der Waals surface area contributed by atoms with Gasteiger partial charge < -0.3 is 10.2 Å². The molecule has 7 heteroatoms. The molecule has 5 nitrogen and oxygen atoms in total. The number of urea groups is 1. The van der Waals surface area contributed by atoms with E-state index in [0.717, 1.165) is 27.9 Å². The van der Waals surface area contributed by atoms with Crippen molar-refractivity contribution in [3.63, 3.8) is 0 Å². The van der Waals surface area contributed by atoms with Gasteiger partial charge in [0.05, 0.1) is 12.2 Å². The Kier molecular flexibility index (Phi) is 5.59. The van der Waals surface area contributed by atoms with Crippen LogP contribution in [0.4, 0.5) is 16.2 Å². The van der Waals surface area contributed by atoms with Crippen LogP contribution < -0.4 is 10.2 Å². The highest BCUT2D eigenvalue weighted by Gasteiger charge is 2.59. The molecular formula is C26H24ClN3O2S. The second-order valence-electron chi connectivity index (χ2n) is 8.48. The number of halogens is 1. The largest absolute Gasteiger partial charge is 0.323 e. The summed E-state index contributed by atoms with van der Waals surface area (Å²) in [5.74, 6) is 0.555. The number of anilines is 2. The minimum absolute atomic E-state index is 0.108. The van der Waals surface area contributed by atoms with Crippen molar-refractivity contribution in [1.29, 1.82) is 0 Å². The van der Waals surface area contributed by atoms with E-state index in [2.05, 4.69) is 11.4 Å². The van der Waals surface area contributed by atoms with Crippen LogP contribution in [0.5, 0.6) is 0 Å². The van der Waals surface area contributed by atoms with Crippen LogP contribution in [0.2, 0.25) is 5.02 Å². The van der Waals surface area contributed by atoms with Gasteiger partial charge in [-0.15, -0.1) is 11.8 Å². The molecule has 3 amide bonds. The van der Waals surface area contributed by atoms with Crippen molar-refractivity contribution in [2.24, 2.45) is 0 Å².